The van der Waals surface area contributed by atoms with E-state index in [1.54, 1.807) is 0 Å². The molecule has 1 saturated carbocycles. The Morgan fingerprint density at radius 3 is 2.81 bits per heavy atom. The van der Waals surface area contributed by atoms with Crippen molar-refractivity contribution in [1.29, 1.82) is 0 Å². The Bertz CT molecular complexity index is 565. The Balaban J connectivity index is 1.73. The Morgan fingerprint density at radius 1 is 1.33 bits per heavy atom. The van der Waals surface area contributed by atoms with Crippen LogP contribution >= 0.6 is 0 Å². The largest absolute Gasteiger partial charge is 0.508 e. The first kappa shape index (κ1) is 13.6. The average Bonchev–Trinajstić information content (AvgIpc) is 3.28. The number of rotatable bonds is 2. The van der Waals surface area contributed by atoms with Crippen LogP contribution in [0.25, 0.3) is 0 Å². The van der Waals surface area contributed by atoms with Gasteiger partial charge in [-0.25, -0.2) is 0 Å². The van der Waals surface area contributed by atoms with Crippen molar-refractivity contribution in [1.82, 2.24) is 4.90 Å². The van der Waals surface area contributed by atoms with Crippen LogP contribution < -0.4 is 0 Å². The Morgan fingerprint density at radius 2 is 2.10 bits per heavy atom. The number of benzene rings is 1. The first-order chi connectivity index (χ1) is 10.0. The minimum absolute atomic E-state index is 0.233. The van der Waals surface area contributed by atoms with Gasteiger partial charge in [0.1, 0.15) is 5.75 Å². The van der Waals surface area contributed by atoms with E-state index in [2.05, 4.69) is 31.7 Å². The number of hydrogen-bond donors (Lipinski definition) is 1. The fourth-order valence-electron chi connectivity index (χ4n) is 5.00. The highest BCUT2D eigenvalue weighted by molar-refractivity contribution is 5.44. The summed E-state index contributed by atoms with van der Waals surface area (Å²) in [4.78, 5) is 2.81. The second-order valence-corrected chi connectivity index (χ2v) is 7.88. The number of phenols is 1. The number of piperidine rings is 1. The Labute approximate surface area is 128 Å². The van der Waals surface area contributed by atoms with Gasteiger partial charge in [-0.15, -0.1) is 0 Å². The highest BCUT2D eigenvalue weighted by Crippen LogP contribution is 2.51. The van der Waals surface area contributed by atoms with Gasteiger partial charge in [0.25, 0.3) is 0 Å². The molecule has 1 saturated heterocycles. The fourth-order valence-corrected chi connectivity index (χ4v) is 5.00. The van der Waals surface area contributed by atoms with Crippen molar-refractivity contribution in [3.8, 4) is 5.75 Å². The lowest BCUT2D eigenvalue weighted by atomic mass is 9.58. The summed E-state index contributed by atoms with van der Waals surface area (Å²) in [5, 5.41) is 9.90. The number of nitrogens with zero attached hydrogens (tertiary/aromatic N) is 1. The van der Waals surface area contributed by atoms with Crippen LogP contribution in [0.1, 0.15) is 51.2 Å². The van der Waals surface area contributed by atoms with Gasteiger partial charge >= 0.3 is 0 Å². The second kappa shape index (κ2) is 4.49. The summed E-state index contributed by atoms with van der Waals surface area (Å²) in [5.74, 6) is 2.04. The van der Waals surface area contributed by atoms with Gasteiger partial charge in [0.15, 0.2) is 0 Å². The number of aromatic hydroxyl groups is 1. The number of hydrogen-bond acceptors (Lipinski definition) is 2. The van der Waals surface area contributed by atoms with Crippen LogP contribution in [-0.4, -0.2) is 28.6 Å². The number of phenolic OH excluding ortho intramolecular Hbond substituents is 1. The molecule has 1 aromatic carbocycles. The standard InChI is InChI=1S/C19H27NO/c1-12-18-10-15-6-7-16(21)11-17(15)19(12,3)8-9-20(18)13(2)14-4-5-14/h6-7,11-14,18,21H,4-5,8-10H2,1-3H3/t12?,13-,18+,19?/m0/s1. The maximum atomic E-state index is 9.90. The van der Waals surface area contributed by atoms with Crippen LogP contribution in [0.3, 0.4) is 0 Å². The van der Waals surface area contributed by atoms with Crippen molar-refractivity contribution in [2.75, 3.05) is 6.54 Å². The second-order valence-electron chi connectivity index (χ2n) is 7.88. The highest BCUT2D eigenvalue weighted by Gasteiger charge is 2.50. The third-order valence-corrected chi connectivity index (χ3v) is 6.86. The lowest BCUT2D eigenvalue weighted by molar-refractivity contribution is 0.000427. The van der Waals surface area contributed by atoms with E-state index in [1.165, 1.54) is 36.9 Å². The summed E-state index contributed by atoms with van der Waals surface area (Å²) in [5.41, 5.74) is 3.10. The van der Waals surface area contributed by atoms with E-state index in [0.29, 0.717) is 17.7 Å². The van der Waals surface area contributed by atoms with Crippen molar-refractivity contribution >= 4 is 0 Å². The number of fused-ring (bicyclic) bond motifs is 4. The topological polar surface area (TPSA) is 23.5 Å². The van der Waals surface area contributed by atoms with Gasteiger partial charge in [0.2, 0.25) is 0 Å². The summed E-state index contributed by atoms with van der Waals surface area (Å²) < 4.78 is 0. The van der Waals surface area contributed by atoms with Crippen LogP contribution in [0.15, 0.2) is 18.2 Å². The van der Waals surface area contributed by atoms with E-state index >= 15 is 0 Å². The van der Waals surface area contributed by atoms with Crippen LogP contribution in [0.5, 0.6) is 5.75 Å². The van der Waals surface area contributed by atoms with E-state index < -0.39 is 0 Å². The molecule has 21 heavy (non-hydrogen) atoms. The van der Waals surface area contributed by atoms with Crippen LogP contribution in [0.2, 0.25) is 0 Å². The van der Waals surface area contributed by atoms with Crippen molar-refractivity contribution in [2.24, 2.45) is 11.8 Å². The minimum atomic E-state index is 0.233. The Kier molecular flexibility index (Phi) is 2.91. The van der Waals surface area contributed by atoms with Crippen LogP contribution in [-0.2, 0) is 11.8 Å². The lowest BCUT2D eigenvalue weighted by Gasteiger charge is -2.56. The smallest absolute Gasteiger partial charge is 0.115 e. The third kappa shape index (κ3) is 1.95. The van der Waals surface area contributed by atoms with Crippen LogP contribution in [0, 0.1) is 11.8 Å². The van der Waals surface area contributed by atoms with E-state index in [4.69, 9.17) is 0 Å². The van der Waals surface area contributed by atoms with Crippen molar-refractivity contribution in [3.05, 3.63) is 29.3 Å². The molecule has 2 aliphatic carbocycles. The molecule has 0 amide bonds. The first-order valence-electron chi connectivity index (χ1n) is 8.59. The molecule has 1 aliphatic heterocycles. The number of likely N-dealkylation sites (tertiary alicyclic amines) is 1. The van der Waals surface area contributed by atoms with Gasteiger partial charge in [-0.2, -0.15) is 0 Å². The molecule has 2 fully saturated rings. The molecular weight excluding hydrogens is 258 g/mol. The molecule has 114 valence electrons. The van der Waals surface area contributed by atoms with Gasteiger partial charge in [-0.3, -0.25) is 4.90 Å². The van der Waals surface area contributed by atoms with Gasteiger partial charge in [-0.1, -0.05) is 19.9 Å². The molecule has 0 spiro atoms. The quantitative estimate of drug-likeness (QED) is 0.895. The first-order valence-corrected chi connectivity index (χ1v) is 8.59. The predicted molar refractivity (Wildman–Crippen MR) is 85.6 cm³/mol. The summed E-state index contributed by atoms with van der Waals surface area (Å²) in [6.45, 7) is 8.52. The molecule has 3 aliphatic rings. The molecule has 1 heterocycles. The van der Waals surface area contributed by atoms with E-state index in [0.717, 1.165) is 18.4 Å². The Hall–Kier alpha value is -1.02. The van der Waals surface area contributed by atoms with Gasteiger partial charge in [0.05, 0.1) is 0 Å². The SMILES string of the molecule is CC1[C@H]2Cc3ccc(O)cc3C1(C)CCN2[C@@H](C)C1CC1. The molecule has 1 N–H and O–H groups in total. The normalized spacial score (nSPS) is 37.1. The maximum Gasteiger partial charge on any atom is 0.115 e. The zero-order valence-electron chi connectivity index (χ0n) is 13.5. The van der Waals surface area contributed by atoms with Crippen molar-refractivity contribution < 1.29 is 5.11 Å². The lowest BCUT2D eigenvalue weighted by Crippen LogP contribution is -2.60. The molecule has 4 atom stereocenters. The molecule has 2 bridgehead atoms. The highest BCUT2D eigenvalue weighted by atomic mass is 16.3. The molecular formula is C19H27NO. The maximum absolute atomic E-state index is 9.90. The molecule has 0 radical (unpaired) electrons. The summed E-state index contributed by atoms with van der Waals surface area (Å²) in [7, 11) is 0. The van der Waals surface area contributed by atoms with E-state index in [9.17, 15) is 5.11 Å². The van der Waals surface area contributed by atoms with Crippen molar-refractivity contribution in [3.63, 3.8) is 0 Å². The zero-order chi connectivity index (χ0) is 14.8. The summed E-state index contributed by atoms with van der Waals surface area (Å²) in [6.07, 6.45) is 5.24. The van der Waals surface area contributed by atoms with Gasteiger partial charge in [-0.05, 0) is 79.7 Å². The summed E-state index contributed by atoms with van der Waals surface area (Å²) >= 11 is 0. The third-order valence-electron chi connectivity index (χ3n) is 6.86. The molecule has 2 nitrogen and oxygen atoms in total. The molecule has 2 unspecified atom stereocenters. The molecule has 4 rings (SSSR count). The predicted octanol–water partition coefficient (Wildman–Crippen LogP) is 3.71. The minimum Gasteiger partial charge on any atom is -0.508 e. The molecule has 0 aromatic heterocycles. The van der Waals surface area contributed by atoms with E-state index in [1.807, 2.05) is 12.1 Å². The zero-order valence-corrected chi connectivity index (χ0v) is 13.5. The average molecular weight is 285 g/mol. The van der Waals surface area contributed by atoms with Crippen LogP contribution in [0.4, 0.5) is 0 Å². The van der Waals surface area contributed by atoms with E-state index in [-0.39, 0.29) is 5.41 Å². The summed E-state index contributed by atoms with van der Waals surface area (Å²) in [6, 6.07) is 7.48. The van der Waals surface area contributed by atoms with Gasteiger partial charge in [0, 0.05) is 12.1 Å². The van der Waals surface area contributed by atoms with Crippen molar-refractivity contribution in [2.45, 2.75) is 64.0 Å². The molecule has 1 aromatic rings. The van der Waals surface area contributed by atoms with Gasteiger partial charge < -0.3 is 5.11 Å². The molecule has 2 heteroatoms. The monoisotopic (exact) mass is 285 g/mol. The fraction of sp³-hybridized carbons (Fsp3) is 0.684.